The topological polar surface area (TPSA) is 167 Å². The molecule has 19 heteroatoms. The molecule has 0 fully saturated rings. The first-order valence-corrected chi connectivity index (χ1v) is 14.7. The number of aliphatic carboxylic acids is 1. The van der Waals surface area contributed by atoms with Crippen molar-refractivity contribution in [3.8, 4) is 11.5 Å². The fraction of sp³-hybridized carbons (Fsp3) is 0.312. The molecule has 4 bridgehead atoms. The zero-order valence-corrected chi connectivity index (χ0v) is 26.5. The molecule has 6 N–H and O–H groups in total. The number of nitrogen functional groups attached to an aromatic ring is 1. The summed E-state index contributed by atoms with van der Waals surface area (Å²) in [5.41, 5.74) is 7.28. The third-order valence-electron chi connectivity index (χ3n) is 6.94. The van der Waals surface area contributed by atoms with Gasteiger partial charge in [0, 0.05) is 48.6 Å². The lowest BCUT2D eigenvalue weighted by molar-refractivity contribution is -0.192. The highest BCUT2D eigenvalue weighted by Gasteiger charge is 2.38. The summed E-state index contributed by atoms with van der Waals surface area (Å²) in [4.78, 5) is 36.9. The SMILES string of the molecule is CN1Cc2cc(cc(F)c2OCC(F)F)NC(=O)CCc2cc(ccc2OCC(F)F)[C@@H](Nc2ccc(C(=N)N)cc2)C1=O.O=C(O)C(F)(F)F. The van der Waals surface area contributed by atoms with Crippen LogP contribution in [-0.2, 0) is 27.3 Å². The Labute approximate surface area is 284 Å². The molecule has 2 amide bonds. The van der Waals surface area contributed by atoms with Crippen LogP contribution in [0.15, 0.2) is 54.6 Å². The number of fused-ring (bicyclic) bond motifs is 4. The molecule has 1 atom stereocenters. The van der Waals surface area contributed by atoms with Gasteiger partial charge in [0.2, 0.25) is 11.8 Å². The number of rotatable bonds is 9. The van der Waals surface area contributed by atoms with Gasteiger partial charge >= 0.3 is 12.1 Å². The molecule has 276 valence electrons. The number of nitrogens with zero attached hydrogens (tertiary/aromatic N) is 1. The Morgan fingerprint density at radius 1 is 1.00 bits per heavy atom. The lowest BCUT2D eigenvalue weighted by atomic mass is 9.98. The number of nitrogens with one attached hydrogen (secondary N) is 3. The number of carbonyl (C=O) groups excluding carboxylic acids is 2. The highest BCUT2D eigenvalue weighted by atomic mass is 19.4. The number of hydrogen-bond acceptors (Lipinski definition) is 7. The smallest absolute Gasteiger partial charge is 0.487 e. The second kappa shape index (κ2) is 17.3. The summed E-state index contributed by atoms with van der Waals surface area (Å²) >= 11 is 0. The van der Waals surface area contributed by atoms with Crippen molar-refractivity contribution < 1.29 is 64.1 Å². The number of alkyl halides is 7. The van der Waals surface area contributed by atoms with Crippen molar-refractivity contribution in [3.63, 3.8) is 0 Å². The average Bonchev–Trinajstić information content (AvgIpc) is 3.04. The van der Waals surface area contributed by atoms with Gasteiger partial charge in [0.1, 0.15) is 30.8 Å². The van der Waals surface area contributed by atoms with Crippen molar-refractivity contribution in [2.24, 2.45) is 5.73 Å². The fourth-order valence-corrected chi connectivity index (χ4v) is 4.64. The predicted molar refractivity (Wildman–Crippen MR) is 167 cm³/mol. The van der Waals surface area contributed by atoms with E-state index in [0.29, 0.717) is 22.4 Å². The number of anilines is 2. The fourth-order valence-electron chi connectivity index (χ4n) is 4.64. The van der Waals surface area contributed by atoms with Crippen LogP contribution in [0.3, 0.4) is 0 Å². The number of amides is 2. The van der Waals surface area contributed by atoms with E-state index in [9.17, 15) is 40.3 Å². The van der Waals surface area contributed by atoms with Crippen LogP contribution in [0.25, 0.3) is 0 Å². The van der Waals surface area contributed by atoms with E-state index in [1.165, 1.54) is 30.1 Å². The van der Waals surface area contributed by atoms with E-state index in [2.05, 4.69) is 10.6 Å². The monoisotopic (exact) mass is 733 g/mol. The molecule has 0 unspecified atom stereocenters. The lowest BCUT2D eigenvalue weighted by Gasteiger charge is -2.28. The van der Waals surface area contributed by atoms with Gasteiger partial charge in [-0.1, -0.05) is 6.07 Å². The van der Waals surface area contributed by atoms with E-state index in [4.69, 9.17) is 30.5 Å². The number of aryl methyl sites for hydroxylation is 1. The molecule has 11 nitrogen and oxygen atoms in total. The van der Waals surface area contributed by atoms with Crippen molar-refractivity contribution in [2.45, 2.75) is 44.5 Å². The lowest BCUT2D eigenvalue weighted by Crippen LogP contribution is -2.35. The molecule has 1 heterocycles. The van der Waals surface area contributed by atoms with Gasteiger partial charge in [-0.25, -0.2) is 26.7 Å². The van der Waals surface area contributed by atoms with Gasteiger partial charge in [-0.05, 0) is 60.0 Å². The first kappa shape index (κ1) is 39.8. The highest BCUT2D eigenvalue weighted by molar-refractivity contribution is 5.95. The number of carboxylic acids is 1. The second-order valence-electron chi connectivity index (χ2n) is 10.8. The Balaban J connectivity index is 0.000000908. The maximum Gasteiger partial charge on any atom is 0.490 e. The summed E-state index contributed by atoms with van der Waals surface area (Å²) in [6.45, 7) is -2.26. The highest BCUT2D eigenvalue weighted by Crippen LogP contribution is 2.33. The van der Waals surface area contributed by atoms with Gasteiger partial charge in [0.15, 0.2) is 11.6 Å². The molecule has 3 aromatic rings. The molecule has 0 aromatic heterocycles. The van der Waals surface area contributed by atoms with Gasteiger partial charge in [0.05, 0.1) is 0 Å². The summed E-state index contributed by atoms with van der Waals surface area (Å²) in [7, 11) is 1.42. The molecule has 51 heavy (non-hydrogen) atoms. The predicted octanol–water partition coefficient (Wildman–Crippen LogP) is 5.73. The number of likely N-dealkylation sites (N-methyl/N-ethyl adjacent to an activating group) is 1. The van der Waals surface area contributed by atoms with Crippen LogP contribution in [0.2, 0.25) is 0 Å². The average molecular weight is 734 g/mol. The van der Waals surface area contributed by atoms with Gasteiger partial charge < -0.3 is 35.8 Å². The van der Waals surface area contributed by atoms with Crippen molar-refractivity contribution in [2.75, 3.05) is 30.9 Å². The standard InChI is InChI=1S/C30H30F5N5O4.C2HF3O2/c1-40-13-19-11-21(12-22(31)28(19)44-15-25(34)35)38-26(41)9-5-17-10-18(4-8-23(17)43-14-24(32)33)27(30(40)42)39-20-6-2-16(3-7-20)29(36)37;3-2(4,5)1(6)7/h2-4,6-8,10-12,24-25,27,39H,5,9,13-15H2,1H3,(H3,36,37)(H,38,41);(H,6,7)/t27-;/m1./s1. The van der Waals surface area contributed by atoms with Crippen molar-refractivity contribution in [3.05, 3.63) is 82.7 Å². The minimum atomic E-state index is -5.08. The molecular formula is C32H31F8N5O6. The maximum absolute atomic E-state index is 15.1. The second-order valence-corrected chi connectivity index (χ2v) is 10.8. The maximum atomic E-state index is 15.1. The van der Waals surface area contributed by atoms with E-state index in [0.717, 1.165) is 6.07 Å². The van der Waals surface area contributed by atoms with Crippen molar-refractivity contribution >= 4 is 35.0 Å². The van der Waals surface area contributed by atoms with E-state index in [-0.39, 0.29) is 42.2 Å². The zero-order chi connectivity index (χ0) is 38.0. The molecule has 1 aliphatic heterocycles. The van der Waals surface area contributed by atoms with E-state index in [1.807, 2.05) is 0 Å². The number of halogens is 8. The Kier molecular flexibility index (Phi) is 13.5. The molecule has 1 aliphatic rings. The molecule has 0 saturated carbocycles. The number of hydrogen-bond donors (Lipinski definition) is 5. The summed E-state index contributed by atoms with van der Waals surface area (Å²) in [6.07, 6.45) is -10.9. The number of carbonyl (C=O) groups is 3. The molecule has 0 aliphatic carbocycles. The molecular weight excluding hydrogens is 702 g/mol. The third kappa shape index (κ3) is 11.7. The third-order valence-corrected chi connectivity index (χ3v) is 6.94. The van der Waals surface area contributed by atoms with Gasteiger partial charge in [-0.3, -0.25) is 15.0 Å². The van der Waals surface area contributed by atoms with Crippen LogP contribution >= 0.6 is 0 Å². The Bertz CT molecular complexity index is 1720. The summed E-state index contributed by atoms with van der Waals surface area (Å²) in [6, 6.07) is 12.0. The van der Waals surface area contributed by atoms with Crippen LogP contribution in [-0.4, -0.2) is 72.9 Å². The minimum absolute atomic E-state index is 0.00738. The largest absolute Gasteiger partial charge is 0.490 e. The van der Waals surface area contributed by atoms with Crippen LogP contribution in [0, 0.1) is 11.2 Å². The summed E-state index contributed by atoms with van der Waals surface area (Å²) in [5, 5.41) is 20.4. The summed E-state index contributed by atoms with van der Waals surface area (Å²) < 4.78 is 109. The van der Waals surface area contributed by atoms with Gasteiger partial charge in [0.25, 0.3) is 12.9 Å². The van der Waals surface area contributed by atoms with Crippen LogP contribution < -0.4 is 25.8 Å². The first-order chi connectivity index (χ1) is 23.8. The molecule has 0 radical (unpaired) electrons. The normalized spacial score (nSPS) is 15.0. The van der Waals surface area contributed by atoms with Crippen molar-refractivity contribution in [1.82, 2.24) is 4.90 Å². The Morgan fingerprint density at radius 3 is 2.18 bits per heavy atom. The van der Waals surface area contributed by atoms with Crippen LogP contribution in [0.4, 0.5) is 46.5 Å². The number of amidine groups is 1. The van der Waals surface area contributed by atoms with Crippen LogP contribution in [0.1, 0.15) is 34.7 Å². The van der Waals surface area contributed by atoms with Crippen molar-refractivity contribution in [1.29, 1.82) is 5.41 Å². The minimum Gasteiger partial charge on any atom is -0.487 e. The number of carboxylic acid groups (broad SMARTS) is 1. The van der Waals surface area contributed by atoms with Gasteiger partial charge in [-0.15, -0.1) is 0 Å². The van der Waals surface area contributed by atoms with E-state index >= 15 is 4.39 Å². The molecule has 3 aromatic carbocycles. The van der Waals surface area contributed by atoms with E-state index in [1.54, 1.807) is 30.3 Å². The Hall–Kier alpha value is -5.62. The molecule has 0 spiro atoms. The number of ether oxygens (including phenoxy) is 2. The quantitative estimate of drug-likeness (QED) is 0.106. The molecule has 0 saturated heterocycles. The summed E-state index contributed by atoms with van der Waals surface area (Å²) in [5.74, 6) is -5.37. The number of nitrogens with two attached hydrogens (primary N) is 1. The molecule has 4 rings (SSSR count). The van der Waals surface area contributed by atoms with Crippen LogP contribution in [0.5, 0.6) is 11.5 Å². The Morgan fingerprint density at radius 2 is 1.61 bits per heavy atom. The van der Waals surface area contributed by atoms with Gasteiger partial charge in [-0.2, -0.15) is 13.2 Å². The van der Waals surface area contributed by atoms with E-state index < -0.39 is 67.6 Å². The first-order valence-electron chi connectivity index (χ1n) is 14.7. The number of benzene rings is 3. The zero-order valence-electron chi connectivity index (χ0n) is 26.5.